The van der Waals surface area contributed by atoms with Crippen molar-refractivity contribution in [2.45, 2.75) is 81.1 Å². The van der Waals surface area contributed by atoms with Gasteiger partial charge < -0.3 is 18.9 Å². The Hall–Kier alpha value is -4.03. The van der Waals surface area contributed by atoms with Crippen LogP contribution in [0.3, 0.4) is 0 Å². The molecular weight excluding hydrogens is 723 g/mol. The van der Waals surface area contributed by atoms with Crippen molar-refractivity contribution in [3.63, 3.8) is 0 Å². The number of unbranched alkanes of at least 4 members (excludes halogenated alkanes) is 2. The average Bonchev–Trinajstić information content (AvgIpc) is 3.46. The number of halogens is 13. The molecule has 0 N–H and O–H groups in total. The van der Waals surface area contributed by atoms with Crippen LogP contribution in [0.2, 0.25) is 0 Å². The van der Waals surface area contributed by atoms with Crippen molar-refractivity contribution in [3.05, 3.63) is 54.9 Å². The summed E-state index contributed by atoms with van der Waals surface area (Å²) in [5.74, 6) is -37.7. The number of alkyl halides is 13. The third-order valence-corrected chi connectivity index (χ3v) is 7.57. The van der Waals surface area contributed by atoms with Crippen LogP contribution in [0.25, 0.3) is 22.5 Å². The molecule has 0 amide bonds. The highest BCUT2D eigenvalue weighted by atomic mass is 19.4. The fraction of sp³-hybridized carbons (Fsp3) is 0.500. The smallest absolute Gasteiger partial charge is 0.460 e. The first-order chi connectivity index (χ1) is 23.7. The molecule has 1 aliphatic rings. The van der Waals surface area contributed by atoms with Crippen molar-refractivity contribution in [1.82, 2.24) is 9.97 Å². The molecule has 2 aromatic carbocycles. The molecule has 0 bridgehead atoms. The summed E-state index contributed by atoms with van der Waals surface area (Å²) >= 11 is 0. The maximum Gasteiger partial charge on any atom is 0.460 e. The lowest BCUT2D eigenvalue weighted by Crippen LogP contribution is -2.70. The van der Waals surface area contributed by atoms with Gasteiger partial charge in [0.2, 0.25) is 6.29 Å². The molecule has 2 heterocycles. The quantitative estimate of drug-likeness (QED) is 0.101. The van der Waals surface area contributed by atoms with Gasteiger partial charge >= 0.3 is 35.8 Å². The average molecular weight is 753 g/mol. The molecule has 6 nitrogen and oxygen atoms in total. The predicted octanol–water partition coefficient (Wildman–Crippen LogP) is 10.0. The lowest BCUT2D eigenvalue weighted by atomic mass is 9.92. The van der Waals surface area contributed by atoms with E-state index in [1.54, 1.807) is 24.3 Å². The second-order valence-corrected chi connectivity index (χ2v) is 11.4. The van der Waals surface area contributed by atoms with Crippen molar-refractivity contribution in [2.75, 3.05) is 19.8 Å². The van der Waals surface area contributed by atoms with Crippen LogP contribution >= 0.6 is 0 Å². The van der Waals surface area contributed by atoms with Gasteiger partial charge in [-0.1, -0.05) is 25.5 Å². The number of fused-ring (bicyclic) bond motifs is 1. The molecule has 1 aromatic heterocycles. The van der Waals surface area contributed by atoms with Gasteiger partial charge in [0.05, 0.1) is 13.0 Å². The predicted molar refractivity (Wildman–Crippen MR) is 154 cm³/mol. The standard InChI is InChI=1S/C32H29F13N2O4/c1-2-3-12-48-13-4-5-14-49-22-9-6-19(7-10-22)21-17-46-26(47-18-21)20-8-11-23-24(15-20)51-25(50-23)16-27(33,34)28(35,36)29(37,38)30(39,40)31(41,42)32(43,44)45/h6-11,15,17-18,25H,2-5,12-14,16H2,1H3. The molecule has 0 spiro atoms. The normalized spacial score (nSPS) is 15.7. The zero-order valence-electron chi connectivity index (χ0n) is 26.4. The minimum absolute atomic E-state index is 0.0385. The van der Waals surface area contributed by atoms with Gasteiger partial charge in [-0.05, 0) is 55.2 Å². The summed E-state index contributed by atoms with van der Waals surface area (Å²) in [6.07, 6.45) is -6.10. The monoisotopic (exact) mass is 752 g/mol. The second-order valence-electron chi connectivity index (χ2n) is 11.4. The lowest BCUT2D eigenvalue weighted by Gasteiger charge is -2.39. The zero-order chi connectivity index (χ0) is 37.9. The molecule has 0 saturated heterocycles. The molecule has 51 heavy (non-hydrogen) atoms. The Kier molecular flexibility index (Phi) is 11.6. The summed E-state index contributed by atoms with van der Waals surface area (Å²) in [6.45, 7) is 3.98. The Morgan fingerprint density at radius 1 is 0.608 bits per heavy atom. The minimum atomic E-state index is -7.99. The molecule has 1 atom stereocenters. The number of benzene rings is 2. The van der Waals surface area contributed by atoms with Crippen molar-refractivity contribution >= 4 is 0 Å². The van der Waals surface area contributed by atoms with E-state index in [-0.39, 0.29) is 11.4 Å². The molecule has 19 heteroatoms. The number of aromatic nitrogens is 2. The van der Waals surface area contributed by atoms with E-state index in [1.165, 1.54) is 18.5 Å². The first-order valence-corrected chi connectivity index (χ1v) is 15.2. The van der Waals surface area contributed by atoms with E-state index in [4.69, 9.17) is 18.9 Å². The molecular formula is C32H29F13N2O4. The second kappa shape index (κ2) is 14.9. The third-order valence-electron chi connectivity index (χ3n) is 7.57. The third kappa shape index (κ3) is 8.07. The first kappa shape index (κ1) is 39.8. The van der Waals surface area contributed by atoms with Gasteiger partial charge in [-0.2, -0.15) is 57.1 Å². The van der Waals surface area contributed by atoms with Crippen LogP contribution in [0.15, 0.2) is 54.9 Å². The zero-order valence-corrected chi connectivity index (χ0v) is 26.4. The number of nitrogens with zero attached hydrogens (tertiary/aromatic N) is 2. The fourth-order valence-corrected chi connectivity index (χ4v) is 4.58. The Balaban J connectivity index is 1.37. The lowest BCUT2D eigenvalue weighted by molar-refractivity contribution is -0.441. The number of rotatable bonds is 17. The molecule has 4 rings (SSSR count). The summed E-state index contributed by atoms with van der Waals surface area (Å²) in [7, 11) is 0. The van der Waals surface area contributed by atoms with Gasteiger partial charge in [0, 0.05) is 36.7 Å². The summed E-state index contributed by atoms with van der Waals surface area (Å²) in [4.78, 5) is 8.40. The highest BCUT2D eigenvalue weighted by Gasteiger charge is 2.90. The SMILES string of the molecule is CCCCOCCCCOc1ccc(-c2cnc(-c3ccc4c(c3)OC(CC(F)(F)C(F)(F)C(F)(F)C(F)(F)C(F)(F)C(F)(F)F)O4)nc2)cc1. The summed E-state index contributed by atoms with van der Waals surface area (Å²) in [5.41, 5.74) is 1.45. The number of ether oxygens (including phenoxy) is 4. The first-order valence-electron chi connectivity index (χ1n) is 15.2. The molecule has 1 aliphatic heterocycles. The van der Waals surface area contributed by atoms with E-state index in [1.807, 2.05) is 0 Å². The van der Waals surface area contributed by atoms with E-state index in [2.05, 4.69) is 16.9 Å². The highest BCUT2D eigenvalue weighted by Crippen LogP contribution is 2.61. The van der Waals surface area contributed by atoms with Crippen molar-refractivity contribution < 1.29 is 76.0 Å². The van der Waals surface area contributed by atoms with E-state index in [0.29, 0.717) is 24.5 Å². The van der Waals surface area contributed by atoms with Crippen LogP contribution in [-0.2, 0) is 4.74 Å². The van der Waals surface area contributed by atoms with Crippen molar-refractivity contribution in [1.29, 1.82) is 0 Å². The number of hydrogen-bond donors (Lipinski definition) is 0. The van der Waals surface area contributed by atoms with Crippen LogP contribution in [0.1, 0.15) is 39.0 Å². The molecule has 3 aromatic rings. The Bertz CT molecular complexity index is 1600. The van der Waals surface area contributed by atoms with Crippen LogP contribution in [0.4, 0.5) is 57.1 Å². The highest BCUT2D eigenvalue weighted by molar-refractivity contribution is 5.66. The topological polar surface area (TPSA) is 62.7 Å². The van der Waals surface area contributed by atoms with Gasteiger partial charge in [-0.15, -0.1) is 0 Å². The summed E-state index contributed by atoms with van der Waals surface area (Å²) in [5, 5.41) is 0. The van der Waals surface area contributed by atoms with Crippen LogP contribution in [0, 0.1) is 0 Å². The minimum Gasteiger partial charge on any atom is -0.494 e. The van der Waals surface area contributed by atoms with E-state index >= 15 is 0 Å². The van der Waals surface area contributed by atoms with Crippen LogP contribution < -0.4 is 14.2 Å². The van der Waals surface area contributed by atoms with Gasteiger partial charge in [0.1, 0.15) is 5.75 Å². The van der Waals surface area contributed by atoms with Crippen molar-refractivity contribution in [3.8, 4) is 39.8 Å². The Labute approximate surface area is 281 Å². The Morgan fingerprint density at radius 2 is 1.16 bits per heavy atom. The molecule has 0 radical (unpaired) electrons. The van der Waals surface area contributed by atoms with Gasteiger partial charge in [0.25, 0.3) is 0 Å². The maximum absolute atomic E-state index is 14.4. The number of hydrogen-bond acceptors (Lipinski definition) is 6. The van der Waals surface area contributed by atoms with Crippen molar-refractivity contribution in [2.24, 2.45) is 0 Å². The molecule has 0 aliphatic carbocycles. The van der Waals surface area contributed by atoms with Gasteiger partial charge in [-0.25, -0.2) is 9.97 Å². The molecule has 0 saturated carbocycles. The van der Waals surface area contributed by atoms with Crippen LogP contribution in [0.5, 0.6) is 17.2 Å². The summed E-state index contributed by atoms with van der Waals surface area (Å²) in [6, 6.07) is 10.4. The van der Waals surface area contributed by atoms with Gasteiger partial charge in [0.15, 0.2) is 17.3 Å². The van der Waals surface area contributed by atoms with Crippen LogP contribution in [-0.4, -0.2) is 71.9 Å². The summed E-state index contributed by atoms with van der Waals surface area (Å²) < 4.78 is 196. The Morgan fingerprint density at radius 3 is 1.76 bits per heavy atom. The van der Waals surface area contributed by atoms with E-state index < -0.39 is 60.0 Å². The van der Waals surface area contributed by atoms with E-state index in [0.717, 1.165) is 50.0 Å². The van der Waals surface area contributed by atoms with Gasteiger partial charge in [-0.3, -0.25) is 0 Å². The maximum atomic E-state index is 14.4. The van der Waals surface area contributed by atoms with E-state index in [9.17, 15) is 57.1 Å². The largest absolute Gasteiger partial charge is 0.494 e. The molecule has 0 fully saturated rings. The molecule has 1 unspecified atom stereocenters. The fourth-order valence-electron chi connectivity index (χ4n) is 4.58. The molecule has 282 valence electrons.